The number of carboxylic acids is 1. The first-order valence-corrected chi connectivity index (χ1v) is 11.9. The molecule has 0 amide bonds. The number of hydrogen-bond acceptors (Lipinski definition) is 5. The maximum absolute atomic E-state index is 12.2. The topological polar surface area (TPSA) is 86.7 Å². The van der Waals surface area contributed by atoms with Crippen LogP contribution in [0.4, 0.5) is 0 Å². The highest BCUT2D eigenvalue weighted by Crippen LogP contribution is 2.12. The van der Waals surface area contributed by atoms with Crippen LogP contribution in [0.25, 0.3) is 0 Å². The number of aliphatic hydroxyl groups is 1. The average molecular weight is 445 g/mol. The Hall–Kier alpha value is -1.40. The molecule has 31 heavy (non-hydrogen) atoms. The molecule has 0 bridgehead atoms. The maximum atomic E-state index is 12.2. The van der Waals surface area contributed by atoms with Gasteiger partial charge in [-0.15, -0.1) is 0 Å². The number of unbranched alkanes of at least 4 members (excludes halogenated alkanes) is 9. The second-order valence-electron chi connectivity index (χ2n) is 9.08. The summed E-state index contributed by atoms with van der Waals surface area (Å²) in [5.41, 5.74) is 0. The van der Waals surface area contributed by atoms with Gasteiger partial charge in [-0.2, -0.15) is 0 Å². The summed E-state index contributed by atoms with van der Waals surface area (Å²) in [7, 11) is 2.84. The monoisotopic (exact) mass is 444 g/mol. The molecule has 182 valence electrons. The van der Waals surface area contributed by atoms with Gasteiger partial charge in [0.25, 0.3) is 0 Å². The summed E-state index contributed by atoms with van der Waals surface area (Å²) in [6.45, 7) is -0.360. The van der Waals surface area contributed by atoms with E-state index in [9.17, 15) is 19.8 Å². The van der Waals surface area contributed by atoms with Crippen molar-refractivity contribution < 1.29 is 33.1 Å². The molecule has 0 saturated carbocycles. The van der Waals surface area contributed by atoms with Crippen LogP contribution in [0.2, 0.25) is 0 Å². The lowest BCUT2D eigenvalue weighted by Crippen LogP contribution is -2.45. The van der Waals surface area contributed by atoms with Gasteiger partial charge in [0.1, 0.15) is 6.54 Å². The van der Waals surface area contributed by atoms with Crippen LogP contribution in [-0.4, -0.2) is 61.4 Å². The van der Waals surface area contributed by atoms with E-state index in [0.29, 0.717) is 6.42 Å². The Morgan fingerprint density at radius 3 is 2.16 bits per heavy atom. The second kappa shape index (κ2) is 18.2. The number of ether oxygens (including phenoxy) is 1. The van der Waals surface area contributed by atoms with Crippen LogP contribution >= 0.6 is 0 Å². The zero-order valence-corrected chi connectivity index (χ0v) is 19.9. The van der Waals surface area contributed by atoms with E-state index in [1.165, 1.54) is 52.6 Å². The lowest BCUT2D eigenvalue weighted by atomic mass is 10.1. The van der Waals surface area contributed by atoms with Crippen LogP contribution < -0.4 is 5.11 Å². The van der Waals surface area contributed by atoms with Gasteiger partial charge in [0, 0.05) is 12.4 Å². The Labute approximate surface area is 194 Å². The predicted octanol–water partition coefficient (Wildman–Crippen LogP) is 3.75. The standard InChI is InChI=1S/C25H47NO5/c1-5-6-7-8-9-10-11-12-13-14-15-16-17-18-22(27)19-25(30)31-23(20-24(28)29)21-26(2,3)4/h12-13,22-23,27H,5-11,14-21H2,1-4H3/b13-12-/t22?,23-/m1/s1/i2D3. The number of hydrogen-bond donors (Lipinski definition) is 1. The molecular weight excluding hydrogens is 394 g/mol. The van der Waals surface area contributed by atoms with E-state index in [1.54, 1.807) is 0 Å². The van der Waals surface area contributed by atoms with E-state index in [2.05, 4.69) is 19.1 Å². The van der Waals surface area contributed by atoms with Crippen molar-refractivity contribution in [2.45, 2.75) is 109 Å². The fourth-order valence-electron chi connectivity index (χ4n) is 3.46. The van der Waals surface area contributed by atoms with Crippen LogP contribution in [0, 0.1) is 0 Å². The van der Waals surface area contributed by atoms with Gasteiger partial charge in [0.2, 0.25) is 0 Å². The number of esters is 1. The molecule has 1 unspecified atom stereocenters. The van der Waals surface area contributed by atoms with E-state index in [4.69, 9.17) is 8.85 Å². The lowest BCUT2D eigenvalue weighted by Gasteiger charge is -2.29. The Morgan fingerprint density at radius 2 is 1.58 bits per heavy atom. The van der Waals surface area contributed by atoms with Crippen molar-refractivity contribution in [3.8, 4) is 0 Å². The number of allylic oxidation sites excluding steroid dienone is 2. The first-order valence-electron chi connectivity index (χ1n) is 13.4. The molecule has 2 atom stereocenters. The smallest absolute Gasteiger partial charge is 0.308 e. The molecule has 0 aromatic heterocycles. The summed E-state index contributed by atoms with van der Waals surface area (Å²) in [4.78, 5) is 23.2. The number of aliphatic carboxylic acids is 1. The maximum Gasteiger partial charge on any atom is 0.308 e. The van der Waals surface area contributed by atoms with Crippen molar-refractivity contribution >= 4 is 11.9 Å². The van der Waals surface area contributed by atoms with Crippen molar-refractivity contribution in [3.63, 3.8) is 0 Å². The zero-order valence-electron chi connectivity index (χ0n) is 22.9. The average Bonchev–Trinajstić information content (AvgIpc) is 2.69. The first-order chi connectivity index (χ1) is 15.9. The summed E-state index contributed by atoms with van der Waals surface area (Å²) in [6.07, 6.45) is 14.8. The fraction of sp³-hybridized carbons (Fsp3) is 0.840. The minimum atomic E-state index is -2.39. The molecule has 0 aromatic carbocycles. The number of aliphatic hydroxyl groups excluding tert-OH is 1. The summed E-state index contributed by atoms with van der Waals surface area (Å²) < 4.78 is 27.4. The molecule has 0 saturated heterocycles. The van der Waals surface area contributed by atoms with E-state index < -0.39 is 42.0 Å². The first kappa shape index (κ1) is 24.2. The fourth-order valence-corrected chi connectivity index (χ4v) is 3.46. The van der Waals surface area contributed by atoms with Crippen LogP contribution in [-0.2, 0) is 14.3 Å². The number of quaternary nitrogens is 1. The minimum absolute atomic E-state index is 0.196. The largest absolute Gasteiger partial charge is 0.550 e. The summed E-state index contributed by atoms with van der Waals surface area (Å²) in [5.74, 6) is -2.16. The quantitative estimate of drug-likeness (QED) is 0.134. The molecular formula is C25H47NO5. The van der Waals surface area contributed by atoms with Crippen molar-refractivity contribution in [1.29, 1.82) is 0 Å². The number of carbonyl (C=O) groups is 2. The van der Waals surface area contributed by atoms with Gasteiger partial charge in [0.05, 0.1) is 37.7 Å². The summed E-state index contributed by atoms with van der Waals surface area (Å²) in [6, 6.07) is 0. The minimum Gasteiger partial charge on any atom is -0.550 e. The van der Waals surface area contributed by atoms with Gasteiger partial charge in [0.15, 0.2) is 6.10 Å². The van der Waals surface area contributed by atoms with E-state index in [1.807, 2.05) is 0 Å². The van der Waals surface area contributed by atoms with Gasteiger partial charge in [-0.05, 0) is 32.1 Å². The molecule has 0 aromatic rings. The molecule has 6 nitrogen and oxygen atoms in total. The Kier molecular flexibility index (Phi) is 14.2. The van der Waals surface area contributed by atoms with E-state index in [0.717, 1.165) is 32.1 Å². The molecule has 1 N–H and O–H groups in total. The van der Waals surface area contributed by atoms with Gasteiger partial charge < -0.3 is 24.2 Å². The molecule has 0 rings (SSSR count). The zero-order chi connectivity index (χ0) is 26.0. The van der Waals surface area contributed by atoms with Crippen LogP contribution in [0.5, 0.6) is 0 Å². The number of carbonyl (C=O) groups excluding carboxylic acids is 2. The van der Waals surface area contributed by atoms with E-state index in [-0.39, 0.29) is 13.0 Å². The summed E-state index contributed by atoms with van der Waals surface area (Å²) in [5, 5.41) is 21.1. The number of rotatable bonds is 20. The van der Waals surface area contributed by atoms with Gasteiger partial charge in [-0.1, -0.05) is 64.0 Å². The van der Waals surface area contributed by atoms with Crippen molar-refractivity contribution in [2.75, 3.05) is 27.6 Å². The molecule has 0 fully saturated rings. The number of nitrogens with zero attached hydrogens (tertiary/aromatic N) is 1. The Morgan fingerprint density at radius 1 is 1.00 bits per heavy atom. The predicted molar refractivity (Wildman–Crippen MR) is 123 cm³/mol. The highest BCUT2D eigenvalue weighted by Gasteiger charge is 2.23. The third kappa shape index (κ3) is 21.6. The van der Waals surface area contributed by atoms with Gasteiger partial charge >= 0.3 is 5.97 Å². The molecule has 0 radical (unpaired) electrons. The normalized spacial score (nSPS) is 15.8. The lowest BCUT2D eigenvalue weighted by molar-refractivity contribution is -0.873. The molecule has 6 heteroatoms. The van der Waals surface area contributed by atoms with Crippen LogP contribution in [0.3, 0.4) is 0 Å². The van der Waals surface area contributed by atoms with Crippen molar-refractivity contribution in [3.05, 3.63) is 12.2 Å². The third-order valence-electron chi connectivity index (χ3n) is 5.05. The van der Waals surface area contributed by atoms with Crippen molar-refractivity contribution in [2.24, 2.45) is 0 Å². The molecule has 0 aliphatic heterocycles. The number of likely N-dealkylation sites (N-methyl/N-ethyl adjacent to an activating group) is 1. The molecule has 0 aliphatic rings. The Balaban J connectivity index is 4.09. The van der Waals surface area contributed by atoms with Gasteiger partial charge in [-0.25, -0.2) is 0 Å². The number of carboxylic acid groups (broad SMARTS) is 1. The molecule has 0 spiro atoms. The molecule has 0 aliphatic carbocycles. The SMILES string of the molecule is [2H]C([2H])([2H])[N+](C)(C)C[C@@H](CC(=O)[O-])OC(=O)CC(O)CCCCC/C=C\CCCCCCCC. The molecule has 0 heterocycles. The van der Waals surface area contributed by atoms with Gasteiger partial charge in [-0.3, -0.25) is 4.79 Å². The van der Waals surface area contributed by atoms with Crippen LogP contribution in [0.15, 0.2) is 12.2 Å². The Bertz CT molecular complexity index is 594. The van der Waals surface area contributed by atoms with Crippen LogP contribution in [0.1, 0.15) is 101 Å². The van der Waals surface area contributed by atoms with Crippen molar-refractivity contribution in [1.82, 2.24) is 0 Å². The second-order valence-corrected chi connectivity index (χ2v) is 9.08. The van der Waals surface area contributed by atoms with E-state index >= 15 is 0 Å². The highest BCUT2D eigenvalue weighted by atomic mass is 16.5. The third-order valence-corrected chi connectivity index (χ3v) is 5.05. The summed E-state index contributed by atoms with van der Waals surface area (Å²) >= 11 is 0. The highest BCUT2D eigenvalue weighted by molar-refractivity contribution is 5.71.